The number of carbonyl (C=O) groups is 2. The minimum Gasteiger partial charge on any atom is -0.497 e. The zero-order valence-corrected chi connectivity index (χ0v) is 15.5. The molecule has 28 heavy (non-hydrogen) atoms. The molecule has 0 aliphatic carbocycles. The third-order valence-corrected chi connectivity index (χ3v) is 5.25. The molecule has 1 aliphatic heterocycles. The number of thioether (sulfide) groups is 1. The molecule has 3 heterocycles. The highest BCUT2D eigenvalue weighted by atomic mass is 32.2. The summed E-state index contributed by atoms with van der Waals surface area (Å²) in [5.41, 5.74) is 2.17. The van der Waals surface area contributed by atoms with Crippen molar-refractivity contribution in [2.75, 3.05) is 17.8 Å². The largest absolute Gasteiger partial charge is 0.497 e. The van der Waals surface area contributed by atoms with Crippen molar-refractivity contribution in [1.82, 2.24) is 19.7 Å². The second-order valence-corrected chi connectivity index (χ2v) is 7.06. The molecule has 2 aromatic heterocycles. The number of imide groups is 1. The van der Waals surface area contributed by atoms with Gasteiger partial charge in [0, 0.05) is 12.2 Å². The smallest absolute Gasteiger partial charge is 0.424 e. The molecule has 4 rings (SSSR count). The lowest BCUT2D eigenvalue weighted by molar-refractivity contribution is 0.183. The van der Waals surface area contributed by atoms with E-state index >= 15 is 0 Å². The molecule has 11 heteroatoms. The number of benzene rings is 1. The number of ether oxygens (including phenoxy) is 1. The fraction of sp³-hybridized carbons (Fsp3) is 0.235. The van der Waals surface area contributed by atoms with E-state index in [9.17, 15) is 19.8 Å². The first-order valence-corrected chi connectivity index (χ1v) is 9.25. The molecule has 2 N–H and O–H groups in total. The summed E-state index contributed by atoms with van der Waals surface area (Å²) in [7, 11) is 1.59. The van der Waals surface area contributed by atoms with E-state index in [1.165, 1.54) is 11.8 Å². The first-order valence-electron chi connectivity index (χ1n) is 8.27. The molecule has 0 saturated heterocycles. The average molecular weight is 401 g/mol. The number of nitrogens with zero attached hydrogens (tertiary/aromatic N) is 5. The average Bonchev–Trinajstić information content (AvgIpc) is 3.01. The summed E-state index contributed by atoms with van der Waals surface area (Å²) in [6, 6.07) is 7.45. The van der Waals surface area contributed by atoms with Crippen LogP contribution in [0.25, 0.3) is 11.0 Å². The molecule has 144 valence electrons. The van der Waals surface area contributed by atoms with E-state index in [4.69, 9.17) is 4.74 Å². The SMILES string of the molecule is COc1ccc(Cn2nc3c4c(nc(N(C(=O)O)C(=O)O)nc42)SCC3)cc1. The zero-order valence-electron chi connectivity index (χ0n) is 14.7. The highest BCUT2D eigenvalue weighted by Crippen LogP contribution is 2.35. The maximum absolute atomic E-state index is 11.4. The van der Waals surface area contributed by atoms with Crippen LogP contribution in [0.1, 0.15) is 11.3 Å². The van der Waals surface area contributed by atoms with E-state index in [1.54, 1.807) is 11.8 Å². The van der Waals surface area contributed by atoms with Gasteiger partial charge < -0.3 is 14.9 Å². The van der Waals surface area contributed by atoms with Gasteiger partial charge in [-0.05, 0) is 17.7 Å². The van der Waals surface area contributed by atoms with Crippen LogP contribution in [-0.4, -0.2) is 55.0 Å². The van der Waals surface area contributed by atoms with E-state index < -0.39 is 18.1 Å². The first kappa shape index (κ1) is 18.0. The van der Waals surface area contributed by atoms with Crippen LogP contribution < -0.4 is 9.64 Å². The minimum absolute atomic E-state index is 0.107. The van der Waals surface area contributed by atoms with E-state index in [2.05, 4.69) is 15.1 Å². The Morgan fingerprint density at radius 3 is 2.57 bits per heavy atom. The standard InChI is InChI=1S/C17H15N5O5S/c1-27-10-4-2-9(3-5-10)8-21-13-12-11(20-21)6-7-28-14(12)19-15(18-13)22(16(23)24)17(25)26/h2-5H,6-8H2,1H3,(H,23,24)(H,25,26). The fourth-order valence-corrected chi connectivity index (χ4v) is 3.98. The maximum Gasteiger partial charge on any atom is 0.424 e. The van der Waals surface area contributed by atoms with Crippen molar-refractivity contribution in [3.05, 3.63) is 35.5 Å². The van der Waals surface area contributed by atoms with E-state index in [1.807, 2.05) is 24.3 Å². The minimum atomic E-state index is -1.67. The molecule has 2 amide bonds. The van der Waals surface area contributed by atoms with Crippen molar-refractivity contribution in [3.8, 4) is 5.75 Å². The van der Waals surface area contributed by atoms with Crippen molar-refractivity contribution >= 4 is 40.9 Å². The number of aryl methyl sites for hydroxylation is 1. The Bertz CT molecular complexity index is 1070. The predicted molar refractivity (Wildman–Crippen MR) is 100 cm³/mol. The monoisotopic (exact) mass is 401 g/mol. The Labute approximate surface area is 162 Å². The van der Waals surface area contributed by atoms with Gasteiger partial charge >= 0.3 is 12.2 Å². The Hall–Kier alpha value is -3.34. The van der Waals surface area contributed by atoms with Crippen LogP contribution in [0.15, 0.2) is 29.3 Å². The number of anilines is 1. The van der Waals surface area contributed by atoms with Gasteiger partial charge in [0.25, 0.3) is 0 Å². The molecule has 1 aliphatic rings. The highest BCUT2D eigenvalue weighted by molar-refractivity contribution is 7.99. The third kappa shape index (κ3) is 3.09. The number of amides is 2. The number of rotatable bonds is 4. The van der Waals surface area contributed by atoms with Crippen LogP contribution in [0.4, 0.5) is 15.5 Å². The first-order chi connectivity index (χ1) is 13.5. The number of methoxy groups -OCH3 is 1. The molecular weight excluding hydrogens is 386 g/mol. The summed E-state index contributed by atoms with van der Waals surface area (Å²) in [6.45, 7) is 0.390. The van der Waals surface area contributed by atoms with E-state index in [0.29, 0.717) is 17.2 Å². The van der Waals surface area contributed by atoms with E-state index in [-0.39, 0.29) is 4.90 Å². The Kier molecular flexibility index (Phi) is 4.51. The van der Waals surface area contributed by atoms with Crippen LogP contribution in [-0.2, 0) is 13.0 Å². The Morgan fingerprint density at radius 1 is 1.21 bits per heavy atom. The zero-order chi connectivity index (χ0) is 19.8. The maximum atomic E-state index is 11.4. The lowest BCUT2D eigenvalue weighted by Gasteiger charge is -2.15. The van der Waals surface area contributed by atoms with Gasteiger partial charge in [0.15, 0.2) is 5.65 Å². The van der Waals surface area contributed by atoms with Crippen LogP contribution >= 0.6 is 11.8 Å². The predicted octanol–water partition coefficient (Wildman–Crippen LogP) is 2.69. The lowest BCUT2D eigenvalue weighted by Crippen LogP contribution is -2.36. The van der Waals surface area contributed by atoms with Crippen molar-refractivity contribution in [3.63, 3.8) is 0 Å². The normalized spacial score (nSPS) is 12.8. The summed E-state index contributed by atoms with van der Waals surface area (Å²) in [5.74, 6) is 1.05. The van der Waals surface area contributed by atoms with Gasteiger partial charge in [-0.1, -0.05) is 12.1 Å². The summed E-state index contributed by atoms with van der Waals surface area (Å²) in [5, 5.41) is 24.3. The molecule has 0 bridgehead atoms. The molecule has 0 spiro atoms. The van der Waals surface area contributed by atoms with Gasteiger partial charge in [-0.15, -0.1) is 16.7 Å². The van der Waals surface area contributed by atoms with Gasteiger partial charge in [0.2, 0.25) is 5.95 Å². The summed E-state index contributed by atoms with van der Waals surface area (Å²) in [6.07, 6.45) is -2.60. The Morgan fingerprint density at radius 2 is 1.93 bits per heavy atom. The lowest BCUT2D eigenvalue weighted by atomic mass is 10.2. The van der Waals surface area contributed by atoms with Gasteiger partial charge in [-0.2, -0.15) is 10.1 Å². The van der Waals surface area contributed by atoms with Crippen molar-refractivity contribution < 1.29 is 24.5 Å². The molecule has 10 nitrogen and oxygen atoms in total. The molecule has 3 aromatic rings. The molecule has 0 radical (unpaired) electrons. The summed E-state index contributed by atoms with van der Waals surface area (Å²) >= 11 is 1.43. The highest BCUT2D eigenvalue weighted by Gasteiger charge is 2.29. The van der Waals surface area contributed by atoms with E-state index in [0.717, 1.165) is 34.6 Å². The van der Waals surface area contributed by atoms with Crippen molar-refractivity contribution in [2.45, 2.75) is 18.0 Å². The second kappa shape index (κ2) is 7.00. The molecule has 0 atom stereocenters. The van der Waals surface area contributed by atoms with Gasteiger partial charge in [0.05, 0.1) is 24.7 Å². The van der Waals surface area contributed by atoms with Crippen LogP contribution in [0.2, 0.25) is 0 Å². The molecule has 0 saturated carbocycles. The van der Waals surface area contributed by atoms with Crippen molar-refractivity contribution in [2.24, 2.45) is 0 Å². The summed E-state index contributed by atoms with van der Waals surface area (Å²) in [4.78, 5) is 31.2. The number of carboxylic acid groups (broad SMARTS) is 2. The molecule has 0 unspecified atom stereocenters. The van der Waals surface area contributed by atoms with Crippen LogP contribution in [0.5, 0.6) is 5.75 Å². The fourth-order valence-electron chi connectivity index (χ4n) is 2.99. The van der Waals surface area contributed by atoms with Crippen LogP contribution in [0.3, 0.4) is 0 Å². The number of aromatic nitrogens is 4. The van der Waals surface area contributed by atoms with Gasteiger partial charge in [0.1, 0.15) is 10.8 Å². The third-order valence-electron chi connectivity index (χ3n) is 4.27. The number of hydrogen-bond acceptors (Lipinski definition) is 7. The van der Waals surface area contributed by atoms with Crippen molar-refractivity contribution in [1.29, 1.82) is 0 Å². The number of hydrogen-bond donors (Lipinski definition) is 2. The Balaban J connectivity index is 1.83. The topological polar surface area (TPSA) is 131 Å². The second-order valence-electron chi connectivity index (χ2n) is 5.98. The molecular formula is C17H15N5O5S. The summed E-state index contributed by atoms with van der Waals surface area (Å²) < 4.78 is 6.81. The molecule has 0 fully saturated rings. The van der Waals surface area contributed by atoms with Gasteiger partial charge in [-0.3, -0.25) is 0 Å². The molecule has 1 aromatic carbocycles. The van der Waals surface area contributed by atoms with Gasteiger partial charge in [-0.25, -0.2) is 19.3 Å². The van der Waals surface area contributed by atoms with Crippen LogP contribution in [0, 0.1) is 0 Å². The quantitative estimate of drug-likeness (QED) is 0.633.